The summed E-state index contributed by atoms with van der Waals surface area (Å²) in [4.78, 5) is 12.1. The molecule has 142 valence electrons. The number of guanidine groups is 1. The third kappa shape index (κ3) is 6.00. The molecule has 0 bridgehead atoms. The van der Waals surface area contributed by atoms with Crippen molar-refractivity contribution >= 4 is 17.3 Å². The van der Waals surface area contributed by atoms with Gasteiger partial charge in [0.15, 0.2) is 5.96 Å². The lowest BCUT2D eigenvalue weighted by molar-refractivity contribution is 0.298. The normalized spacial score (nSPS) is 12.9. The first-order chi connectivity index (χ1) is 12.5. The molecule has 1 atom stereocenters. The molecule has 0 aliphatic rings. The maximum absolute atomic E-state index is 5.24. The van der Waals surface area contributed by atoms with Crippen LogP contribution in [0.1, 0.15) is 21.5 Å². The molecule has 26 heavy (non-hydrogen) atoms. The van der Waals surface area contributed by atoms with E-state index in [0.717, 1.165) is 36.2 Å². The van der Waals surface area contributed by atoms with Gasteiger partial charge in [0, 0.05) is 37.6 Å². The number of nitrogens with zero attached hydrogens (tertiary/aromatic N) is 3. The van der Waals surface area contributed by atoms with E-state index in [9.17, 15) is 0 Å². The Morgan fingerprint density at radius 2 is 2.00 bits per heavy atom. The number of aromatic nitrogens is 1. The molecule has 0 saturated heterocycles. The Balaban J connectivity index is 1.87. The SMILES string of the molecule is CN=C(NCCc1ncc(C)s1)NCC(c1ccc(OC)cc1)N(C)C. The lowest BCUT2D eigenvalue weighted by atomic mass is 10.1. The molecule has 0 radical (unpaired) electrons. The summed E-state index contributed by atoms with van der Waals surface area (Å²) in [5, 5.41) is 7.92. The zero-order valence-corrected chi connectivity index (χ0v) is 17.1. The summed E-state index contributed by atoms with van der Waals surface area (Å²) in [6.45, 7) is 3.65. The van der Waals surface area contributed by atoms with Crippen LogP contribution in [-0.2, 0) is 6.42 Å². The minimum Gasteiger partial charge on any atom is -0.497 e. The quantitative estimate of drug-likeness (QED) is 0.548. The predicted octanol–water partition coefficient (Wildman–Crippen LogP) is 2.47. The number of hydrogen-bond acceptors (Lipinski definition) is 5. The Kier molecular flexibility index (Phi) is 7.87. The summed E-state index contributed by atoms with van der Waals surface area (Å²) >= 11 is 1.74. The van der Waals surface area contributed by atoms with Crippen LogP contribution in [-0.4, -0.2) is 57.2 Å². The molecule has 0 aliphatic heterocycles. The zero-order valence-electron chi connectivity index (χ0n) is 16.2. The van der Waals surface area contributed by atoms with Crippen LogP contribution in [0.2, 0.25) is 0 Å². The maximum atomic E-state index is 5.24. The molecule has 6 nitrogen and oxygen atoms in total. The largest absolute Gasteiger partial charge is 0.497 e. The number of aliphatic imine (C=N–C) groups is 1. The summed E-state index contributed by atoms with van der Waals surface area (Å²) in [7, 11) is 7.64. The fourth-order valence-electron chi connectivity index (χ4n) is 2.64. The molecular formula is C19H29N5OS. The van der Waals surface area contributed by atoms with Crippen LogP contribution in [0.15, 0.2) is 35.5 Å². The molecule has 2 aromatic rings. The standard InChI is InChI=1S/C19H29N5OS/c1-14-12-22-18(26-14)10-11-21-19(20-2)23-13-17(24(3)4)15-6-8-16(25-5)9-7-15/h6-9,12,17H,10-11,13H2,1-5H3,(H2,20,21,23). The van der Waals surface area contributed by atoms with Crippen molar-refractivity contribution in [1.29, 1.82) is 0 Å². The Morgan fingerprint density at radius 3 is 2.54 bits per heavy atom. The minimum atomic E-state index is 0.237. The van der Waals surface area contributed by atoms with Crippen molar-refractivity contribution in [3.05, 3.63) is 45.9 Å². The molecule has 1 aromatic heterocycles. The Bertz CT molecular complexity index is 696. The molecule has 2 N–H and O–H groups in total. The number of benzene rings is 1. The summed E-state index contributed by atoms with van der Waals surface area (Å²) in [6, 6.07) is 8.43. The van der Waals surface area contributed by atoms with Crippen LogP contribution >= 0.6 is 11.3 Å². The highest BCUT2D eigenvalue weighted by Crippen LogP contribution is 2.20. The van der Waals surface area contributed by atoms with Crippen LogP contribution in [0, 0.1) is 6.92 Å². The number of methoxy groups -OCH3 is 1. The Hall–Kier alpha value is -2.12. The van der Waals surface area contributed by atoms with Crippen LogP contribution in [0.4, 0.5) is 0 Å². The van der Waals surface area contributed by atoms with E-state index in [1.165, 1.54) is 10.4 Å². The lowest BCUT2D eigenvalue weighted by Crippen LogP contribution is -2.42. The van der Waals surface area contributed by atoms with Crippen LogP contribution in [0.3, 0.4) is 0 Å². The number of ether oxygens (including phenoxy) is 1. The van der Waals surface area contributed by atoms with Gasteiger partial charge in [0.05, 0.1) is 18.2 Å². The zero-order chi connectivity index (χ0) is 18.9. The molecule has 1 unspecified atom stereocenters. The van der Waals surface area contributed by atoms with E-state index in [0.29, 0.717) is 0 Å². The average molecular weight is 376 g/mol. The first-order valence-electron chi connectivity index (χ1n) is 8.69. The van der Waals surface area contributed by atoms with Gasteiger partial charge < -0.3 is 20.3 Å². The summed E-state index contributed by atoms with van der Waals surface area (Å²) in [5.74, 6) is 1.67. The predicted molar refractivity (Wildman–Crippen MR) is 109 cm³/mol. The topological polar surface area (TPSA) is 61.8 Å². The number of likely N-dealkylation sites (N-methyl/N-ethyl adjacent to an activating group) is 1. The van der Waals surface area contributed by atoms with E-state index in [2.05, 4.69) is 58.7 Å². The van der Waals surface area contributed by atoms with Crippen LogP contribution in [0.5, 0.6) is 5.75 Å². The molecule has 0 spiro atoms. The maximum Gasteiger partial charge on any atom is 0.191 e. The van der Waals surface area contributed by atoms with Crippen molar-refractivity contribution in [2.75, 3.05) is 41.3 Å². The smallest absolute Gasteiger partial charge is 0.191 e. The van der Waals surface area contributed by atoms with E-state index in [4.69, 9.17) is 4.74 Å². The molecule has 0 fully saturated rings. The fourth-order valence-corrected chi connectivity index (χ4v) is 3.43. The third-order valence-corrected chi connectivity index (χ3v) is 5.08. The second-order valence-corrected chi connectivity index (χ2v) is 7.57. The number of aryl methyl sites for hydroxylation is 1. The van der Waals surface area contributed by atoms with Crippen LogP contribution in [0.25, 0.3) is 0 Å². The number of hydrogen-bond donors (Lipinski definition) is 2. The summed E-state index contributed by atoms with van der Waals surface area (Å²) in [6.07, 6.45) is 2.82. The van der Waals surface area contributed by atoms with Gasteiger partial charge in [-0.1, -0.05) is 12.1 Å². The fraction of sp³-hybridized carbons (Fsp3) is 0.474. The van der Waals surface area contributed by atoms with Crippen LogP contribution < -0.4 is 15.4 Å². The number of thiazole rings is 1. The second kappa shape index (κ2) is 10.1. The molecule has 2 rings (SSSR count). The molecular weight excluding hydrogens is 346 g/mol. The van der Waals surface area contributed by atoms with Crippen molar-refractivity contribution in [3.63, 3.8) is 0 Å². The number of nitrogens with one attached hydrogen (secondary N) is 2. The first-order valence-corrected chi connectivity index (χ1v) is 9.51. The van der Waals surface area contributed by atoms with E-state index in [1.807, 2.05) is 18.3 Å². The van der Waals surface area contributed by atoms with Gasteiger partial charge in [0.1, 0.15) is 5.75 Å². The lowest BCUT2D eigenvalue weighted by Gasteiger charge is -2.26. The summed E-state index contributed by atoms with van der Waals surface area (Å²) < 4.78 is 5.24. The van der Waals surface area contributed by atoms with E-state index in [1.54, 1.807) is 25.5 Å². The van der Waals surface area contributed by atoms with Crippen molar-refractivity contribution in [2.24, 2.45) is 4.99 Å². The van der Waals surface area contributed by atoms with Crippen molar-refractivity contribution in [1.82, 2.24) is 20.5 Å². The van der Waals surface area contributed by atoms with Gasteiger partial charge in [-0.25, -0.2) is 4.98 Å². The van der Waals surface area contributed by atoms with E-state index >= 15 is 0 Å². The molecule has 0 amide bonds. The first kappa shape index (κ1) is 20.2. The Labute approximate surface area is 160 Å². The van der Waals surface area contributed by atoms with Gasteiger partial charge >= 0.3 is 0 Å². The molecule has 1 heterocycles. The minimum absolute atomic E-state index is 0.237. The highest BCUT2D eigenvalue weighted by atomic mass is 32.1. The monoisotopic (exact) mass is 375 g/mol. The third-order valence-electron chi connectivity index (χ3n) is 4.11. The molecule has 1 aromatic carbocycles. The van der Waals surface area contributed by atoms with Gasteiger partial charge in [-0.15, -0.1) is 11.3 Å². The second-order valence-electron chi connectivity index (χ2n) is 6.25. The highest BCUT2D eigenvalue weighted by Gasteiger charge is 2.14. The van der Waals surface area contributed by atoms with E-state index in [-0.39, 0.29) is 6.04 Å². The van der Waals surface area contributed by atoms with E-state index < -0.39 is 0 Å². The van der Waals surface area contributed by atoms with Gasteiger partial charge in [0.25, 0.3) is 0 Å². The Morgan fingerprint density at radius 1 is 1.27 bits per heavy atom. The van der Waals surface area contributed by atoms with Gasteiger partial charge in [-0.3, -0.25) is 4.99 Å². The molecule has 7 heteroatoms. The molecule has 0 aliphatic carbocycles. The van der Waals surface area contributed by atoms with Crippen molar-refractivity contribution in [3.8, 4) is 5.75 Å². The van der Waals surface area contributed by atoms with Crippen molar-refractivity contribution < 1.29 is 4.74 Å². The molecule has 0 saturated carbocycles. The van der Waals surface area contributed by atoms with Gasteiger partial charge in [-0.05, 0) is 38.7 Å². The average Bonchev–Trinajstić information content (AvgIpc) is 3.05. The highest BCUT2D eigenvalue weighted by molar-refractivity contribution is 7.11. The van der Waals surface area contributed by atoms with Gasteiger partial charge in [0.2, 0.25) is 0 Å². The van der Waals surface area contributed by atoms with Gasteiger partial charge in [-0.2, -0.15) is 0 Å². The number of rotatable bonds is 8. The van der Waals surface area contributed by atoms with Crippen molar-refractivity contribution in [2.45, 2.75) is 19.4 Å². The summed E-state index contributed by atoms with van der Waals surface area (Å²) in [5.41, 5.74) is 1.23.